The molecule has 1 saturated carbocycles. The number of carboxylic acid groups (broad SMARTS) is 1. The average molecular weight is 300 g/mol. The molecule has 0 spiro atoms. The van der Waals surface area contributed by atoms with Crippen molar-refractivity contribution in [1.29, 1.82) is 0 Å². The minimum atomic E-state index is -0.836. The first kappa shape index (κ1) is 15.3. The highest BCUT2D eigenvalue weighted by Crippen LogP contribution is 2.32. The predicted octanol–water partition coefficient (Wildman–Crippen LogP) is 3.87. The molecule has 0 aliphatic heterocycles. The maximum Gasteiger partial charge on any atom is 0.317 e. The Morgan fingerprint density at radius 3 is 2.70 bits per heavy atom. The van der Waals surface area contributed by atoms with Gasteiger partial charge in [0.1, 0.15) is 5.82 Å². The van der Waals surface area contributed by atoms with Crippen molar-refractivity contribution < 1.29 is 14.3 Å². The van der Waals surface area contributed by atoms with E-state index in [4.69, 9.17) is 16.7 Å². The number of hydrogen-bond donors (Lipinski definition) is 1. The molecular formula is C15H19ClFNO2. The summed E-state index contributed by atoms with van der Waals surface area (Å²) in [5, 5.41) is 9.19. The standard InChI is InChI=1S/C15H19ClFNO2/c1-10(11-6-7-14(17)13(16)8-11)18(9-15(19)20)12-4-2-3-5-12/h6-8,10,12H,2-5,9H2,1H3,(H,19,20). The molecular weight excluding hydrogens is 281 g/mol. The van der Waals surface area contributed by atoms with Gasteiger partial charge in [-0.25, -0.2) is 4.39 Å². The van der Waals surface area contributed by atoms with Gasteiger partial charge in [0.15, 0.2) is 0 Å². The summed E-state index contributed by atoms with van der Waals surface area (Å²) < 4.78 is 13.2. The molecule has 2 rings (SSSR count). The van der Waals surface area contributed by atoms with Gasteiger partial charge in [-0.3, -0.25) is 9.69 Å². The predicted molar refractivity (Wildman–Crippen MR) is 76.4 cm³/mol. The molecule has 3 nitrogen and oxygen atoms in total. The van der Waals surface area contributed by atoms with Crippen LogP contribution in [0.25, 0.3) is 0 Å². The lowest BCUT2D eigenvalue weighted by Gasteiger charge is -2.33. The molecule has 1 fully saturated rings. The normalized spacial score (nSPS) is 17.6. The van der Waals surface area contributed by atoms with E-state index in [2.05, 4.69) is 0 Å². The first-order valence-electron chi connectivity index (χ1n) is 6.91. The topological polar surface area (TPSA) is 40.5 Å². The first-order chi connectivity index (χ1) is 9.49. The monoisotopic (exact) mass is 299 g/mol. The lowest BCUT2D eigenvalue weighted by molar-refractivity contribution is -0.139. The Morgan fingerprint density at radius 1 is 1.50 bits per heavy atom. The van der Waals surface area contributed by atoms with E-state index >= 15 is 0 Å². The van der Waals surface area contributed by atoms with Crippen LogP contribution in [0.2, 0.25) is 5.02 Å². The van der Waals surface area contributed by atoms with Gasteiger partial charge < -0.3 is 5.11 Å². The van der Waals surface area contributed by atoms with E-state index in [1.54, 1.807) is 12.1 Å². The molecule has 1 aliphatic rings. The van der Waals surface area contributed by atoms with E-state index in [0.29, 0.717) is 0 Å². The molecule has 20 heavy (non-hydrogen) atoms. The summed E-state index contributed by atoms with van der Waals surface area (Å²) in [7, 11) is 0. The largest absolute Gasteiger partial charge is 0.480 e. The number of rotatable bonds is 5. The average Bonchev–Trinajstić information content (AvgIpc) is 2.92. The minimum absolute atomic E-state index is 0.000822. The number of halogens is 2. The van der Waals surface area contributed by atoms with Gasteiger partial charge in [-0.2, -0.15) is 0 Å². The number of aliphatic carboxylic acids is 1. The molecule has 0 amide bonds. The van der Waals surface area contributed by atoms with Gasteiger partial charge in [0.2, 0.25) is 0 Å². The Labute approximate surface area is 123 Å². The first-order valence-corrected chi connectivity index (χ1v) is 7.29. The Bertz CT molecular complexity index is 489. The molecule has 0 radical (unpaired) electrons. The summed E-state index contributed by atoms with van der Waals surface area (Å²) in [6.45, 7) is 1.95. The third-order valence-corrected chi connectivity index (χ3v) is 4.32. The molecule has 0 aromatic heterocycles. The van der Waals surface area contributed by atoms with Crippen LogP contribution in [0.4, 0.5) is 4.39 Å². The Kier molecular flexibility index (Phi) is 5.00. The number of benzene rings is 1. The van der Waals surface area contributed by atoms with Crippen LogP contribution in [0.5, 0.6) is 0 Å². The fraction of sp³-hybridized carbons (Fsp3) is 0.533. The van der Waals surface area contributed by atoms with E-state index in [1.807, 2.05) is 11.8 Å². The number of carboxylic acids is 1. The highest BCUT2D eigenvalue weighted by atomic mass is 35.5. The zero-order chi connectivity index (χ0) is 14.7. The zero-order valence-corrected chi connectivity index (χ0v) is 12.2. The third kappa shape index (κ3) is 3.49. The van der Waals surface area contributed by atoms with E-state index in [9.17, 15) is 9.18 Å². The maximum absolute atomic E-state index is 13.2. The molecule has 1 aromatic rings. The summed E-state index contributed by atoms with van der Waals surface area (Å²) in [5.74, 6) is -1.29. The lowest BCUT2D eigenvalue weighted by atomic mass is 10.0. The summed E-state index contributed by atoms with van der Waals surface area (Å²) in [6, 6.07) is 4.79. The smallest absolute Gasteiger partial charge is 0.317 e. The highest BCUT2D eigenvalue weighted by Gasteiger charge is 2.29. The second-order valence-corrected chi connectivity index (χ2v) is 5.76. The van der Waals surface area contributed by atoms with E-state index < -0.39 is 11.8 Å². The van der Waals surface area contributed by atoms with Crippen LogP contribution in [0, 0.1) is 5.82 Å². The third-order valence-electron chi connectivity index (χ3n) is 4.04. The molecule has 1 N–H and O–H groups in total. The molecule has 0 heterocycles. The minimum Gasteiger partial charge on any atom is -0.480 e. The van der Waals surface area contributed by atoms with Gasteiger partial charge in [0, 0.05) is 12.1 Å². The molecule has 1 aliphatic carbocycles. The zero-order valence-electron chi connectivity index (χ0n) is 11.5. The number of carbonyl (C=O) groups is 1. The summed E-state index contributed by atoms with van der Waals surface area (Å²) in [5.41, 5.74) is 0.851. The van der Waals surface area contributed by atoms with Crippen LogP contribution in [0.1, 0.15) is 44.2 Å². The molecule has 0 saturated heterocycles. The van der Waals surface area contributed by atoms with Crippen molar-refractivity contribution >= 4 is 17.6 Å². The molecule has 1 unspecified atom stereocenters. The summed E-state index contributed by atoms with van der Waals surface area (Å²) in [4.78, 5) is 13.1. The van der Waals surface area contributed by atoms with Crippen LogP contribution in [-0.2, 0) is 4.79 Å². The second-order valence-electron chi connectivity index (χ2n) is 5.35. The molecule has 110 valence electrons. The van der Waals surface area contributed by atoms with E-state index in [1.165, 1.54) is 6.07 Å². The lowest BCUT2D eigenvalue weighted by Crippen LogP contribution is -2.39. The van der Waals surface area contributed by atoms with Crippen LogP contribution in [-0.4, -0.2) is 28.6 Å². The van der Waals surface area contributed by atoms with Gasteiger partial charge in [0.05, 0.1) is 11.6 Å². The maximum atomic E-state index is 13.2. The van der Waals surface area contributed by atoms with Crippen molar-refractivity contribution in [2.75, 3.05) is 6.54 Å². The Hall–Kier alpha value is -1.13. The van der Waals surface area contributed by atoms with Crippen molar-refractivity contribution in [2.24, 2.45) is 0 Å². The van der Waals surface area contributed by atoms with Crippen LogP contribution >= 0.6 is 11.6 Å². The van der Waals surface area contributed by atoms with Crippen molar-refractivity contribution in [1.82, 2.24) is 4.90 Å². The van der Waals surface area contributed by atoms with E-state index in [-0.39, 0.29) is 23.7 Å². The summed E-state index contributed by atoms with van der Waals surface area (Å²) in [6.07, 6.45) is 4.31. The number of nitrogens with zero attached hydrogens (tertiary/aromatic N) is 1. The van der Waals surface area contributed by atoms with Gasteiger partial charge in [0.25, 0.3) is 0 Å². The van der Waals surface area contributed by atoms with Crippen molar-refractivity contribution in [2.45, 2.75) is 44.7 Å². The molecule has 5 heteroatoms. The number of hydrogen-bond acceptors (Lipinski definition) is 2. The Balaban J connectivity index is 2.21. The van der Waals surface area contributed by atoms with Crippen LogP contribution in [0.15, 0.2) is 18.2 Å². The van der Waals surface area contributed by atoms with Crippen molar-refractivity contribution in [3.63, 3.8) is 0 Å². The van der Waals surface area contributed by atoms with Crippen molar-refractivity contribution in [3.05, 3.63) is 34.6 Å². The summed E-state index contributed by atoms with van der Waals surface area (Å²) >= 11 is 5.82. The fourth-order valence-electron chi connectivity index (χ4n) is 2.94. The highest BCUT2D eigenvalue weighted by molar-refractivity contribution is 6.30. The quantitative estimate of drug-likeness (QED) is 0.897. The fourth-order valence-corrected chi connectivity index (χ4v) is 3.13. The molecule has 1 aromatic carbocycles. The molecule has 0 bridgehead atoms. The van der Waals surface area contributed by atoms with Gasteiger partial charge in [-0.05, 0) is 37.5 Å². The second kappa shape index (κ2) is 6.55. The SMILES string of the molecule is CC(c1ccc(F)c(Cl)c1)N(CC(=O)O)C1CCCC1. The van der Waals surface area contributed by atoms with E-state index in [0.717, 1.165) is 31.2 Å². The van der Waals surface area contributed by atoms with Crippen molar-refractivity contribution in [3.8, 4) is 0 Å². The van der Waals surface area contributed by atoms with Gasteiger partial charge >= 0.3 is 5.97 Å². The molecule has 1 atom stereocenters. The Morgan fingerprint density at radius 2 is 2.15 bits per heavy atom. The van der Waals surface area contributed by atoms with Crippen LogP contribution in [0.3, 0.4) is 0 Å². The van der Waals surface area contributed by atoms with Crippen LogP contribution < -0.4 is 0 Å². The van der Waals surface area contributed by atoms with Gasteiger partial charge in [-0.15, -0.1) is 0 Å². The van der Waals surface area contributed by atoms with Gasteiger partial charge in [-0.1, -0.05) is 30.5 Å².